The number of hydrogen-bond donors (Lipinski definition) is 2. The van der Waals surface area contributed by atoms with Crippen molar-refractivity contribution in [2.45, 2.75) is 46.4 Å². The van der Waals surface area contributed by atoms with Gasteiger partial charge in [-0.25, -0.2) is 8.42 Å². The lowest BCUT2D eigenvalue weighted by molar-refractivity contribution is -0.115. The minimum absolute atomic E-state index is 0.00766. The van der Waals surface area contributed by atoms with Crippen LogP contribution in [0.15, 0.2) is 59.5 Å². The summed E-state index contributed by atoms with van der Waals surface area (Å²) in [5.74, 6) is -0.252. The average Bonchev–Trinajstić information content (AvgIpc) is 2.65. The minimum atomic E-state index is -3.69. The number of halogens is 1. The molecular formula is C20H29ClN2O4S. The van der Waals surface area contributed by atoms with Gasteiger partial charge >= 0.3 is 0 Å². The zero-order chi connectivity index (χ0) is 22.2. The summed E-state index contributed by atoms with van der Waals surface area (Å²) in [5.41, 5.74) is 1.37. The summed E-state index contributed by atoms with van der Waals surface area (Å²) >= 11 is 0. The summed E-state index contributed by atoms with van der Waals surface area (Å²) in [4.78, 5) is 21.1. The first-order valence-electron chi connectivity index (χ1n) is 8.83. The van der Waals surface area contributed by atoms with E-state index in [-0.39, 0.29) is 16.7 Å². The van der Waals surface area contributed by atoms with Crippen LogP contribution in [0, 0.1) is 0 Å². The zero-order valence-electron chi connectivity index (χ0n) is 17.1. The highest BCUT2D eigenvalue weighted by Crippen LogP contribution is 2.17. The summed E-state index contributed by atoms with van der Waals surface area (Å²) in [5, 5.41) is 5.17. The molecule has 0 spiro atoms. The largest absolute Gasteiger partial charge is 0.326 e. The Morgan fingerprint density at radius 3 is 1.39 bits per heavy atom. The van der Waals surface area contributed by atoms with Crippen LogP contribution in [-0.2, 0) is 18.6 Å². The molecule has 156 valence electrons. The second kappa shape index (κ2) is 15.7. The third-order valence-corrected chi connectivity index (χ3v) is 3.92. The fourth-order valence-electron chi connectivity index (χ4n) is 1.63. The molecule has 2 amide bonds. The first kappa shape index (κ1) is 27.8. The molecule has 0 unspecified atom stereocenters. The molecule has 0 aliphatic carbocycles. The average molecular weight is 429 g/mol. The lowest BCUT2D eigenvalue weighted by Gasteiger charge is -2.01. The molecule has 8 heteroatoms. The van der Waals surface area contributed by atoms with Crippen LogP contribution in [0.25, 0.3) is 0 Å². The first-order chi connectivity index (χ1) is 13.2. The predicted molar refractivity (Wildman–Crippen MR) is 117 cm³/mol. The molecule has 0 saturated heterocycles. The fourth-order valence-corrected chi connectivity index (χ4v) is 2.40. The number of hydrogen-bond acceptors (Lipinski definition) is 4. The highest BCUT2D eigenvalue weighted by atomic mass is 35.7. The number of benzene rings is 2. The van der Waals surface area contributed by atoms with Crippen LogP contribution < -0.4 is 10.6 Å². The molecule has 0 atom stereocenters. The van der Waals surface area contributed by atoms with Gasteiger partial charge in [-0.1, -0.05) is 45.9 Å². The van der Waals surface area contributed by atoms with E-state index in [0.29, 0.717) is 5.69 Å². The van der Waals surface area contributed by atoms with Gasteiger partial charge in [0.1, 0.15) is 0 Å². The molecule has 0 heterocycles. The number of amides is 2. The molecule has 28 heavy (non-hydrogen) atoms. The van der Waals surface area contributed by atoms with Gasteiger partial charge in [-0.3, -0.25) is 9.59 Å². The summed E-state index contributed by atoms with van der Waals surface area (Å²) in [7, 11) is 1.41. The highest BCUT2D eigenvalue weighted by molar-refractivity contribution is 8.13. The topological polar surface area (TPSA) is 92.3 Å². The van der Waals surface area contributed by atoms with E-state index in [4.69, 9.17) is 10.7 Å². The second-order valence-corrected chi connectivity index (χ2v) is 7.26. The van der Waals surface area contributed by atoms with E-state index in [1.165, 1.54) is 38.1 Å². The number of anilines is 2. The molecule has 6 nitrogen and oxygen atoms in total. The van der Waals surface area contributed by atoms with Crippen molar-refractivity contribution in [2.75, 3.05) is 10.6 Å². The van der Waals surface area contributed by atoms with Gasteiger partial charge in [0.25, 0.3) is 9.05 Å². The third-order valence-electron chi connectivity index (χ3n) is 2.55. The molecule has 0 aliphatic heterocycles. The van der Waals surface area contributed by atoms with Gasteiger partial charge in [0.2, 0.25) is 11.8 Å². The molecule has 2 aromatic carbocycles. The Morgan fingerprint density at radius 1 is 0.714 bits per heavy atom. The maximum Gasteiger partial charge on any atom is 0.261 e. The zero-order valence-corrected chi connectivity index (χ0v) is 18.7. The monoisotopic (exact) mass is 428 g/mol. The van der Waals surface area contributed by atoms with E-state index in [0.717, 1.165) is 5.69 Å². The summed E-state index contributed by atoms with van der Waals surface area (Å²) in [6, 6.07) is 15.0. The van der Waals surface area contributed by atoms with Gasteiger partial charge in [-0.15, -0.1) is 0 Å². The standard InChI is InChI=1S/C8H8ClNO3S.C8H9NO.2C2H6/c1-6(11)10-7-2-4-8(5-3-7)14(9,12)13;1-7(10)9-8-5-3-2-4-6-8;2*1-2/h2-5H,1H3,(H,10,11);2-6H,1H3,(H,9,10);2*1-2H3. The first-order valence-corrected chi connectivity index (χ1v) is 11.1. The SMILES string of the molecule is CC.CC.CC(=O)Nc1ccc(S(=O)(=O)Cl)cc1.CC(=O)Nc1ccccc1. The number of rotatable bonds is 3. The molecule has 0 saturated carbocycles. The maximum atomic E-state index is 10.8. The minimum Gasteiger partial charge on any atom is -0.326 e. The molecule has 2 rings (SSSR count). The summed E-state index contributed by atoms with van der Waals surface area (Å²) in [6.45, 7) is 10.9. The Labute approximate surface area is 172 Å². The van der Waals surface area contributed by atoms with Crippen LogP contribution >= 0.6 is 10.7 Å². The van der Waals surface area contributed by atoms with Crippen molar-refractivity contribution in [3.05, 3.63) is 54.6 Å². The number of para-hydroxylation sites is 1. The van der Waals surface area contributed by atoms with Crippen LogP contribution in [0.3, 0.4) is 0 Å². The van der Waals surface area contributed by atoms with Crippen molar-refractivity contribution in [1.82, 2.24) is 0 Å². The van der Waals surface area contributed by atoms with Gasteiger partial charge in [0.15, 0.2) is 0 Å². The molecule has 0 radical (unpaired) electrons. The number of carbonyl (C=O) groups excluding carboxylic acids is 2. The van der Waals surface area contributed by atoms with Gasteiger partial charge in [-0.05, 0) is 36.4 Å². The van der Waals surface area contributed by atoms with E-state index in [1.807, 2.05) is 58.0 Å². The molecule has 0 fully saturated rings. The van der Waals surface area contributed by atoms with Crippen molar-refractivity contribution in [1.29, 1.82) is 0 Å². The Hall–Kier alpha value is -2.38. The van der Waals surface area contributed by atoms with E-state index >= 15 is 0 Å². The van der Waals surface area contributed by atoms with E-state index < -0.39 is 9.05 Å². The van der Waals surface area contributed by atoms with Crippen molar-refractivity contribution >= 4 is 42.9 Å². The third kappa shape index (κ3) is 13.8. The van der Waals surface area contributed by atoms with Crippen LogP contribution in [0.5, 0.6) is 0 Å². The van der Waals surface area contributed by atoms with Crippen molar-refractivity contribution in [3.8, 4) is 0 Å². The maximum absolute atomic E-state index is 10.8. The molecular weight excluding hydrogens is 400 g/mol. The Morgan fingerprint density at radius 2 is 1.07 bits per heavy atom. The molecule has 0 bridgehead atoms. The van der Waals surface area contributed by atoms with Crippen LogP contribution in [-0.4, -0.2) is 20.2 Å². The quantitative estimate of drug-likeness (QED) is 0.651. The Balaban J connectivity index is 0. The highest BCUT2D eigenvalue weighted by Gasteiger charge is 2.08. The van der Waals surface area contributed by atoms with E-state index in [1.54, 1.807) is 0 Å². The lowest BCUT2D eigenvalue weighted by atomic mass is 10.3. The van der Waals surface area contributed by atoms with Crippen LogP contribution in [0.4, 0.5) is 11.4 Å². The summed E-state index contributed by atoms with van der Waals surface area (Å²) < 4.78 is 21.7. The Bertz CT molecular complexity index is 793. The molecule has 2 N–H and O–H groups in total. The molecule has 0 aromatic heterocycles. The van der Waals surface area contributed by atoms with Crippen LogP contribution in [0.1, 0.15) is 41.5 Å². The number of carbonyl (C=O) groups is 2. The van der Waals surface area contributed by atoms with Gasteiger partial charge < -0.3 is 10.6 Å². The van der Waals surface area contributed by atoms with Gasteiger partial charge in [0, 0.05) is 35.9 Å². The molecule has 2 aromatic rings. The second-order valence-electron chi connectivity index (χ2n) is 4.69. The molecule has 0 aliphatic rings. The van der Waals surface area contributed by atoms with E-state index in [9.17, 15) is 18.0 Å². The lowest BCUT2D eigenvalue weighted by Crippen LogP contribution is -2.05. The van der Waals surface area contributed by atoms with Crippen LogP contribution in [0.2, 0.25) is 0 Å². The van der Waals surface area contributed by atoms with Crippen molar-refractivity contribution in [3.63, 3.8) is 0 Å². The normalized spacial score (nSPS) is 9.11. The van der Waals surface area contributed by atoms with E-state index in [2.05, 4.69) is 10.6 Å². The Kier molecular flexibility index (Phi) is 15.6. The van der Waals surface area contributed by atoms with Gasteiger partial charge in [-0.2, -0.15) is 0 Å². The smallest absolute Gasteiger partial charge is 0.261 e. The number of nitrogens with one attached hydrogen (secondary N) is 2. The van der Waals surface area contributed by atoms with Crippen molar-refractivity contribution < 1.29 is 18.0 Å². The summed E-state index contributed by atoms with van der Waals surface area (Å²) in [6.07, 6.45) is 0. The fraction of sp³-hybridized carbons (Fsp3) is 0.300. The predicted octanol–water partition coefficient (Wildman–Crippen LogP) is 5.27. The van der Waals surface area contributed by atoms with Gasteiger partial charge in [0.05, 0.1) is 4.90 Å². The van der Waals surface area contributed by atoms with Crippen molar-refractivity contribution in [2.24, 2.45) is 0 Å².